The van der Waals surface area contributed by atoms with E-state index in [-0.39, 0.29) is 5.91 Å². The number of rotatable bonds is 7. The molecule has 7 nitrogen and oxygen atoms in total. The molecule has 30 heavy (non-hydrogen) atoms. The van der Waals surface area contributed by atoms with Crippen molar-refractivity contribution < 1.29 is 14.4 Å². The number of benzene rings is 2. The maximum absolute atomic E-state index is 12.1. The predicted molar refractivity (Wildman–Crippen MR) is 113 cm³/mol. The number of nitrogens with one attached hydrogen (secondary N) is 2. The summed E-state index contributed by atoms with van der Waals surface area (Å²) in [6.45, 7) is 3.21. The van der Waals surface area contributed by atoms with Crippen LogP contribution >= 0.6 is 0 Å². The molecule has 3 N–H and O–H groups in total. The molecule has 1 amide bonds. The fourth-order valence-corrected chi connectivity index (χ4v) is 3.59. The van der Waals surface area contributed by atoms with E-state index in [9.17, 15) is 9.90 Å². The van der Waals surface area contributed by atoms with E-state index in [1.165, 1.54) is 5.56 Å². The number of aryl methyl sites for hydroxylation is 1. The van der Waals surface area contributed by atoms with E-state index in [0.717, 1.165) is 29.5 Å². The number of nitrogens with zero attached hydrogens (tertiary/aromatic N) is 2. The van der Waals surface area contributed by atoms with Crippen LogP contribution in [0.1, 0.15) is 30.9 Å². The molecule has 1 fully saturated rings. The van der Waals surface area contributed by atoms with Crippen molar-refractivity contribution in [2.75, 3.05) is 6.54 Å². The van der Waals surface area contributed by atoms with Crippen LogP contribution in [0, 0.1) is 0 Å². The summed E-state index contributed by atoms with van der Waals surface area (Å²) in [7, 11) is 0. The van der Waals surface area contributed by atoms with Gasteiger partial charge in [0, 0.05) is 17.7 Å². The zero-order valence-electron chi connectivity index (χ0n) is 17.0. The van der Waals surface area contributed by atoms with Gasteiger partial charge in [0.15, 0.2) is 0 Å². The Hall–Kier alpha value is -3.03. The molecule has 2 aromatic carbocycles. The number of hydrogen-bond acceptors (Lipinski definition) is 6. The Kier molecular flexibility index (Phi) is 6.21. The number of carbonyl (C=O) groups is 1. The topological polar surface area (TPSA) is 100 Å². The molecule has 2 heterocycles. The quantitative estimate of drug-likeness (QED) is 0.558. The zero-order valence-corrected chi connectivity index (χ0v) is 17.0. The van der Waals surface area contributed by atoms with Gasteiger partial charge < -0.3 is 20.3 Å². The third-order valence-corrected chi connectivity index (χ3v) is 5.32. The van der Waals surface area contributed by atoms with Crippen LogP contribution in [0.3, 0.4) is 0 Å². The van der Waals surface area contributed by atoms with E-state index in [4.69, 9.17) is 4.52 Å². The standard InChI is InChI=1S/C23H26N4O3/c1-2-3-15-4-10-18(11-5-15)23-26-21(27-30-23)17-8-6-16(7-9-17)14-25-22(29)20-19(28)12-13-24-20/h4-11,19-20,24,28H,2-3,12-14H2,1H3,(H,25,29)/t19-,20-/m0/s1. The van der Waals surface area contributed by atoms with Crippen LogP contribution in [0.25, 0.3) is 22.8 Å². The lowest BCUT2D eigenvalue weighted by Crippen LogP contribution is -2.45. The summed E-state index contributed by atoms with van der Waals surface area (Å²) >= 11 is 0. The van der Waals surface area contributed by atoms with E-state index < -0.39 is 12.1 Å². The molecule has 0 saturated carbocycles. The lowest BCUT2D eigenvalue weighted by molar-refractivity contribution is -0.124. The second-order valence-electron chi connectivity index (χ2n) is 7.57. The highest BCUT2D eigenvalue weighted by atomic mass is 16.5. The third kappa shape index (κ3) is 4.58. The van der Waals surface area contributed by atoms with Crippen molar-refractivity contribution in [2.24, 2.45) is 0 Å². The van der Waals surface area contributed by atoms with Gasteiger partial charge in [-0.15, -0.1) is 0 Å². The minimum Gasteiger partial charge on any atom is -0.391 e. The van der Waals surface area contributed by atoms with Gasteiger partial charge in [0.05, 0.1) is 6.10 Å². The summed E-state index contributed by atoms with van der Waals surface area (Å²) in [5.41, 5.74) is 3.99. The molecule has 0 unspecified atom stereocenters. The summed E-state index contributed by atoms with van der Waals surface area (Å²) in [5, 5.41) is 19.8. The van der Waals surface area contributed by atoms with Crippen LogP contribution in [0.15, 0.2) is 53.1 Å². The summed E-state index contributed by atoms with van der Waals surface area (Å²) in [5.74, 6) is 0.834. The van der Waals surface area contributed by atoms with E-state index >= 15 is 0 Å². The Labute approximate surface area is 175 Å². The van der Waals surface area contributed by atoms with Crippen LogP contribution in [0.2, 0.25) is 0 Å². The van der Waals surface area contributed by atoms with Gasteiger partial charge in [-0.2, -0.15) is 4.98 Å². The Morgan fingerprint density at radius 1 is 1.13 bits per heavy atom. The molecular formula is C23H26N4O3. The second kappa shape index (κ2) is 9.19. The van der Waals surface area contributed by atoms with E-state index in [1.54, 1.807) is 0 Å². The van der Waals surface area contributed by atoms with Crippen molar-refractivity contribution in [3.05, 3.63) is 59.7 Å². The van der Waals surface area contributed by atoms with Crippen molar-refractivity contribution in [2.45, 2.75) is 44.9 Å². The van der Waals surface area contributed by atoms with Gasteiger partial charge >= 0.3 is 0 Å². The van der Waals surface area contributed by atoms with Gasteiger partial charge in [-0.1, -0.05) is 54.9 Å². The van der Waals surface area contributed by atoms with Crippen LogP contribution in [-0.2, 0) is 17.8 Å². The second-order valence-corrected chi connectivity index (χ2v) is 7.57. The van der Waals surface area contributed by atoms with Gasteiger partial charge in [-0.3, -0.25) is 4.79 Å². The van der Waals surface area contributed by atoms with Gasteiger partial charge in [0.25, 0.3) is 5.89 Å². The highest BCUT2D eigenvalue weighted by Crippen LogP contribution is 2.23. The van der Waals surface area contributed by atoms with Gasteiger partial charge in [0.1, 0.15) is 6.04 Å². The minimum atomic E-state index is -0.623. The normalized spacial score (nSPS) is 18.5. The maximum Gasteiger partial charge on any atom is 0.258 e. The molecule has 2 atom stereocenters. The van der Waals surface area contributed by atoms with Crippen LogP contribution in [-0.4, -0.2) is 39.8 Å². The molecule has 1 saturated heterocycles. The van der Waals surface area contributed by atoms with Crippen molar-refractivity contribution in [3.8, 4) is 22.8 Å². The summed E-state index contributed by atoms with van der Waals surface area (Å²) in [4.78, 5) is 16.7. The van der Waals surface area contributed by atoms with E-state index in [1.807, 2.05) is 36.4 Å². The smallest absolute Gasteiger partial charge is 0.258 e. The number of hydrogen-bond donors (Lipinski definition) is 3. The third-order valence-electron chi connectivity index (χ3n) is 5.32. The number of carbonyl (C=O) groups excluding carboxylic acids is 1. The van der Waals surface area contributed by atoms with Gasteiger partial charge in [0.2, 0.25) is 11.7 Å². The Balaban J connectivity index is 1.38. The minimum absolute atomic E-state index is 0.183. The number of aliphatic hydroxyl groups is 1. The van der Waals surface area contributed by atoms with Crippen molar-refractivity contribution in [3.63, 3.8) is 0 Å². The average Bonchev–Trinajstić information content (AvgIpc) is 3.43. The zero-order chi connectivity index (χ0) is 20.9. The first kappa shape index (κ1) is 20.3. The summed E-state index contributed by atoms with van der Waals surface area (Å²) in [6, 6.07) is 15.3. The summed E-state index contributed by atoms with van der Waals surface area (Å²) < 4.78 is 5.43. The SMILES string of the molecule is CCCc1ccc(-c2nc(-c3ccc(CNC(=O)[C@H]4NCC[C@@H]4O)cc3)no2)cc1. The Morgan fingerprint density at radius 3 is 2.50 bits per heavy atom. The molecule has 0 bridgehead atoms. The number of amides is 1. The monoisotopic (exact) mass is 406 g/mol. The van der Waals surface area contributed by atoms with Crippen LogP contribution in [0.4, 0.5) is 0 Å². The number of aliphatic hydroxyl groups excluding tert-OH is 1. The van der Waals surface area contributed by atoms with Crippen molar-refractivity contribution in [1.29, 1.82) is 0 Å². The lowest BCUT2D eigenvalue weighted by Gasteiger charge is -2.14. The molecule has 4 rings (SSSR count). The Morgan fingerprint density at radius 2 is 1.83 bits per heavy atom. The molecule has 3 aromatic rings. The van der Waals surface area contributed by atoms with Gasteiger partial charge in [-0.25, -0.2) is 0 Å². The number of aromatic nitrogens is 2. The lowest BCUT2D eigenvalue weighted by atomic mass is 10.1. The fraction of sp³-hybridized carbons (Fsp3) is 0.348. The van der Waals surface area contributed by atoms with Crippen molar-refractivity contribution in [1.82, 2.24) is 20.8 Å². The first-order chi connectivity index (χ1) is 14.6. The molecule has 1 aromatic heterocycles. The molecule has 7 heteroatoms. The van der Waals surface area contributed by atoms with Crippen LogP contribution in [0.5, 0.6) is 0 Å². The molecule has 1 aliphatic heterocycles. The summed E-state index contributed by atoms with van der Waals surface area (Å²) in [6.07, 6.45) is 2.15. The first-order valence-electron chi connectivity index (χ1n) is 10.4. The predicted octanol–water partition coefficient (Wildman–Crippen LogP) is 2.70. The Bertz CT molecular complexity index is 982. The molecule has 0 aliphatic carbocycles. The molecule has 1 aliphatic rings. The van der Waals surface area contributed by atoms with Crippen LogP contribution < -0.4 is 10.6 Å². The highest BCUT2D eigenvalue weighted by molar-refractivity contribution is 5.82. The highest BCUT2D eigenvalue weighted by Gasteiger charge is 2.30. The molecule has 0 radical (unpaired) electrons. The molecular weight excluding hydrogens is 380 g/mol. The molecule has 156 valence electrons. The first-order valence-corrected chi connectivity index (χ1v) is 10.4. The van der Waals surface area contributed by atoms with Gasteiger partial charge in [-0.05, 0) is 42.6 Å². The maximum atomic E-state index is 12.1. The molecule has 0 spiro atoms. The van der Waals surface area contributed by atoms with E-state index in [0.29, 0.717) is 31.2 Å². The van der Waals surface area contributed by atoms with E-state index in [2.05, 4.69) is 39.8 Å². The average molecular weight is 406 g/mol. The van der Waals surface area contributed by atoms with Crippen molar-refractivity contribution >= 4 is 5.91 Å². The fourth-order valence-electron chi connectivity index (χ4n) is 3.59. The largest absolute Gasteiger partial charge is 0.391 e.